The highest BCUT2D eigenvalue weighted by molar-refractivity contribution is 6.34. The van der Waals surface area contributed by atoms with Gasteiger partial charge in [-0.3, -0.25) is 0 Å². The van der Waals surface area contributed by atoms with Crippen LogP contribution in [0.3, 0.4) is 0 Å². The molecule has 7 heteroatoms. The summed E-state index contributed by atoms with van der Waals surface area (Å²) in [6.45, 7) is 1.25. The van der Waals surface area contributed by atoms with E-state index in [1.807, 2.05) is 0 Å². The maximum Gasteiger partial charge on any atom is 0.319 e. The maximum atomic E-state index is 11.8. The number of urea groups is 1. The number of hydrogen-bond donors (Lipinski definition) is 2. The molecule has 2 heterocycles. The van der Waals surface area contributed by atoms with Gasteiger partial charge < -0.3 is 24.5 Å². The normalized spacial score (nSPS) is 12.8. The zero-order valence-electron chi connectivity index (χ0n) is 11.0. The van der Waals surface area contributed by atoms with Crippen molar-refractivity contribution in [3.05, 3.63) is 41.3 Å². The summed E-state index contributed by atoms with van der Waals surface area (Å²) in [6.07, 6.45) is 1.55. The van der Waals surface area contributed by atoms with Crippen molar-refractivity contribution in [1.82, 2.24) is 5.32 Å². The van der Waals surface area contributed by atoms with Crippen LogP contribution in [-0.2, 0) is 6.54 Å². The molecule has 2 N–H and O–H groups in total. The van der Waals surface area contributed by atoms with Crippen LogP contribution in [0.5, 0.6) is 11.5 Å². The van der Waals surface area contributed by atoms with Gasteiger partial charge in [-0.15, -0.1) is 0 Å². The molecular weight excluding hydrogens is 296 g/mol. The summed E-state index contributed by atoms with van der Waals surface area (Å²) in [6, 6.07) is 6.41. The van der Waals surface area contributed by atoms with Crippen molar-refractivity contribution in [1.29, 1.82) is 0 Å². The van der Waals surface area contributed by atoms with Crippen LogP contribution in [0.4, 0.5) is 10.5 Å². The molecule has 0 spiro atoms. The second-order valence-corrected chi connectivity index (χ2v) is 4.77. The number of fused-ring (bicyclic) bond motifs is 1. The Hall–Kier alpha value is -2.34. The molecule has 1 aromatic carbocycles. The second-order valence-electron chi connectivity index (χ2n) is 4.36. The van der Waals surface area contributed by atoms with Crippen LogP contribution in [0.25, 0.3) is 0 Å². The van der Waals surface area contributed by atoms with E-state index in [2.05, 4.69) is 10.6 Å². The van der Waals surface area contributed by atoms with Gasteiger partial charge in [-0.1, -0.05) is 11.6 Å². The van der Waals surface area contributed by atoms with Gasteiger partial charge in [0.1, 0.15) is 19.0 Å². The van der Waals surface area contributed by atoms with Crippen LogP contribution >= 0.6 is 11.6 Å². The van der Waals surface area contributed by atoms with Crippen LogP contribution in [-0.4, -0.2) is 19.2 Å². The van der Waals surface area contributed by atoms with Crippen molar-refractivity contribution >= 4 is 23.3 Å². The number of anilines is 1. The summed E-state index contributed by atoms with van der Waals surface area (Å²) in [7, 11) is 0. The van der Waals surface area contributed by atoms with Crippen molar-refractivity contribution in [2.45, 2.75) is 6.54 Å². The molecule has 0 atom stereocenters. The van der Waals surface area contributed by atoms with Gasteiger partial charge in [-0.25, -0.2) is 4.79 Å². The quantitative estimate of drug-likeness (QED) is 0.914. The Labute approximate surface area is 126 Å². The van der Waals surface area contributed by atoms with Gasteiger partial charge in [0.15, 0.2) is 11.5 Å². The van der Waals surface area contributed by atoms with Crippen molar-refractivity contribution in [2.24, 2.45) is 0 Å². The standard InChI is InChI=1S/C14H13ClN2O4/c15-10-6-12-13(21-5-4-20-12)7-11(10)17-14(18)16-8-9-2-1-3-19-9/h1-3,6-7H,4-5,8H2,(H2,16,17,18). The number of furan rings is 1. The Morgan fingerprint density at radius 3 is 2.71 bits per heavy atom. The summed E-state index contributed by atoms with van der Waals surface area (Å²) >= 11 is 6.11. The van der Waals surface area contributed by atoms with Gasteiger partial charge in [0, 0.05) is 12.1 Å². The first-order chi connectivity index (χ1) is 10.2. The Kier molecular flexibility index (Phi) is 3.87. The molecule has 110 valence electrons. The fourth-order valence-corrected chi connectivity index (χ4v) is 2.11. The highest BCUT2D eigenvalue weighted by atomic mass is 35.5. The van der Waals surface area contributed by atoms with E-state index in [0.29, 0.717) is 47.7 Å². The Bertz CT molecular complexity index is 643. The van der Waals surface area contributed by atoms with Crippen molar-refractivity contribution in [2.75, 3.05) is 18.5 Å². The molecule has 2 amide bonds. The number of hydrogen-bond acceptors (Lipinski definition) is 4. The number of halogens is 1. The maximum absolute atomic E-state index is 11.8. The lowest BCUT2D eigenvalue weighted by Gasteiger charge is -2.20. The van der Waals surface area contributed by atoms with E-state index in [1.165, 1.54) is 0 Å². The molecule has 0 radical (unpaired) electrons. The fourth-order valence-electron chi connectivity index (χ4n) is 1.91. The highest BCUT2D eigenvalue weighted by Crippen LogP contribution is 2.37. The van der Waals surface area contributed by atoms with Crippen molar-refractivity contribution in [3.8, 4) is 11.5 Å². The van der Waals surface area contributed by atoms with Crippen LogP contribution in [0.15, 0.2) is 34.9 Å². The number of benzene rings is 1. The first-order valence-corrected chi connectivity index (χ1v) is 6.76. The summed E-state index contributed by atoms with van der Waals surface area (Å²) in [5, 5.41) is 5.71. The minimum absolute atomic E-state index is 0.293. The Morgan fingerprint density at radius 2 is 2.00 bits per heavy atom. The van der Waals surface area contributed by atoms with Crippen LogP contribution in [0, 0.1) is 0 Å². The molecule has 6 nitrogen and oxygen atoms in total. The molecule has 1 aliphatic heterocycles. The number of nitrogens with one attached hydrogen (secondary N) is 2. The number of ether oxygens (including phenoxy) is 2. The molecule has 0 fully saturated rings. The largest absolute Gasteiger partial charge is 0.486 e. The van der Waals surface area contributed by atoms with Gasteiger partial charge in [-0.05, 0) is 12.1 Å². The first kappa shape index (κ1) is 13.6. The predicted molar refractivity (Wildman–Crippen MR) is 77.0 cm³/mol. The van der Waals surface area contributed by atoms with Crippen LogP contribution in [0.2, 0.25) is 5.02 Å². The van der Waals surface area contributed by atoms with Gasteiger partial charge >= 0.3 is 6.03 Å². The lowest BCUT2D eigenvalue weighted by molar-refractivity contribution is 0.171. The number of carbonyl (C=O) groups is 1. The van der Waals surface area contributed by atoms with E-state index in [1.54, 1.807) is 30.5 Å². The zero-order valence-corrected chi connectivity index (χ0v) is 11.8. The van der Waals surface area contributed by atoms with Crippen molar-refractivity contribution < 1.29 is 18.7 Å². The third kappa shape index (κ3) is 3.22. The molecule has 21 heavy (non-hydrogen) atoms. The molecule has 0 aliphatic carbocycles. The average Bonchev–Trinajstić information content (AvgIpc) is 2.99. The zero-order chi connectivity index (χ0) is 14.7. The lowest BCUT2D eigenvalue weighted by atomic mass is 10.2. The van der Waals surface area contributed by atoms with Crippen LogP contribution < -0.4 is 20.1 Å². The van der Waals surface area contributed by atoms with E-state index < -0.39 is 0 Å². The van der Waals surface area contributed by atoms with E-state index in [9.17, 15) is 4.79 Å². The molecule has 3 rings (SSSR count). The minimum atomic E-state index is -0.384. The molecule has 1 aromatic heterocycles. The predicted octanol–water partition coefficient (Wildman–Crippen LogP) is 3.03. The van der Waals surface area contributed by atoms with E-state index in [-0.39, 0.29) is 6.03 Å². The molecule has 0 saturated heterocycles. The third-order valence-corrected chi connectivity index (χ3v) is 3.20. The molecule has 2 aromatic rings. The lowest BCUT2D eigenvalue weighted by Crippen LogP contribution is -2.28. The van der Waals surface area contributed by atoms with E-state index in [0.717, 1.165) is 0 Å². The summed E-state index contributed by atoms with van der Waals surface area (Å²) in [4.78, 5) is 11.8. The summed E-state index contributed by atoms with van der Waals surface area (Å²) < 4.78 is 16.0. The SMILES string of the molecule is O=C(NCc1ccco1)Nc1cc2c(cc1Cl)OCCO2. The third-order valence-electron chi connectivity index (χ3n) is 2.88. The molecule has 0 saturated carbocycles. The number of amides is 2. The summed E-state index contributed by atoms with van der Waals surface area (Å²) in [5.74, 6) is 1.80. The van der Waals surface area contributed by atoms with Crippen LogP contribution in [0.1, 0.15) is 5.76 Å². The fraction of sp³-hybridized carbons (Fsp3) is 0.214. The average molecular weight is 309 g/mol. The van der Waals surface area contributed by atoms with Gasteiger partial charge in [0.05, 0.1) is 23.5 Å². The van der Waals surface area contributed by atoms with Gasteiger partial charge in [0.2, 0.25) is 0 Å². The molecule has 1 aliphatic rings. The van der Waals surface area contributed by atoms with Crippen molar-refractivity contribution in [3.63, 3.8) is 0 Å². The molecular formula is C14H13ClN2O4. The number of carbonyl (C=O) groups excluding carboxylic acids is 1. The number of rotatable bonds is 3. The highest BCUT2D eigenvalue weighted by Gasteiger charge is 2.16. The first-order valence-electron chi connectivity index (χ1n) is 6.39. The second kappa shape index (κ2) is 5.97. The topological polar surface area (TPSA) is 72.7 Å². The Morgan fingerprint density at radius 1 is 1.24 bits per heavy atom. The smallest absolute Gasteiger partial charge is 0.319 e. The van der Waals surface area contributed by atoms with E-state index in [4.69, 9.17) is 25.5 Å². The van der Waals surface area contributed by atoms with Gasteiger partial charge in [0.25, 0.3) is 0 Å². The monoisotopic (exact) mass is 308 g/mol. The molecule has 0 bridgehead atoms. The van der Waals surface area contributed by atoms with E-state index >= 15 is 0 Å². The van der Waals surface area contributed by atoms with Gasteiger partial charge in [-0.2, -0.15) is 0 Å². The summed E-state index contributed by atoms with van der Waals surface area (Å²) in [5.41, 5.74) is 0.456. The minimum Gasteiger partial charge on any atom is -0.486 e. The molecule has 0 unspecified atom stereocenters. The Balaban J connectivity index is 1.65.